The predicted octanol–water partition coefficient (Wildman–Crippen LogP) is 4.02. The number of aldehydes is 1. The molecule has 4 aromatic rings. The Morgan fingerprint density at radius 3 is 2.26 bits per heavy atom. The molecule has 5 nitrogen and oxygen atoms in total. The number of nitrogens with zero attached hydrogens (tertiary/aromatic N) is 2. The van der Waals surface area contributed by atoms with Crippen LogP contribution in [0.2, 0.25) is 0 Å². The third kappa shape index (κ3) is 3.00. The number of hydrogen-bond acceptors (Lipinski definition) is 4. The zero-order chi connectivity index (χ0) is 18.8. The van der Waals surface area contributed by atoms with Crippen molar-refractivity contribution in [3.63, 3.8) is 0 Å². The molecule has 4 rings (SSSR count). The van der Waals surface area contributed by atoms with E-state index in [4.69, 9.17) is 4.74 Å². The molecule has 3 aromatic carbocycles. The van der Waals surface area contributed by atoms with Crippen LogP contribution in [0.3, 0.4) is 0 Å². The molecular formula is C22H16N2O3. The highest BCUT2D eigenvalue weighted by molar-refractivity contribution is 5.92. The Morgan fingerprint density at radius 1 is 0.926 bits per heavy atom. The van der Waals surface area contributed by atoms with Crippen molar-refractivity contribution in [2.75, 3.05) is 7.11 Å². The number of carbonyl (C=O) groups excluding carboxylic acids is 1. The Hall–Kier alpha value is -3.73. The van der Waals surface area contributed by atoms with Crippen molar-refractivity contribution in [2.45, 2.75) is 0 Å². The Kier molecular flexibility index (Phi) is 4.26. The molecule has 1 heterocycles. The van der Waals surface area contributed by atoms with E-state index < -0.39 is 0 Å². The molecule has 0 N–H and O–H groups in total. The smallest absolute Gasteiger partial charge is 0.334 e. The molecule has 132 valence electrons. The van der Waals surface area contributed by atoms with Gasteiger partial charge in [-0.25, -0.2) is 4.73 Å². The largest absolute Gasteiger partial charge is 0.710 e. The lowest BCUT2D eigenvalue weighted by molar-refractivity contribution is -0.583. The third-order valence-corrected chi connectivity index (χ3v) is 4.45. The van der Waals surface area contributed by atoms with Gasteiger partial charge in [-0.2, -0.15) is 0 Å². The molecule has 0 aliphatic rings. The highest BCUT2D eigenvalue weighted by Gasteiger charge is 2.21. The van der Waals surface area contributed by atoms with Gasteiger partial charge in [-0.05, 0) is 53.5 Å². The minimum atomic E-state index is 0.311. The summed E-state index contributed by atoms with van der Waals surface area (Å²) in [6.07, 6.45) is 0.780. The van der Waals surface area contributed by atoms with Crippen LogP contribution in [0.25, 0.3) is 33.5 Å². The molecule has 0 saturated heterocycles. The molecule has 0 saturated carbocycles. The minimum Gasteiger partial charge on any atom is -0.710 e. The van der Waals surface area contributed by atoms with Gasteiger partial charge in [-0.15, -0.1) is 0 Å². The van der Waals surface area contributed by atoms with Crippen LogP contribution in [0.5, 0.6) is 5.75 Å². The van der Waals surface area contributed by atoms with Crippen molar-refractivity contribution >= 4 is 17.2 Å². The lowest BCUT2D eigenvalue weighted by Crippen LogP contribution is -2.33. The molecule has 0 aliphatic heterocycles. The average Bonchev–Trinajstić information content (AvgIpc) is 2.73. The number of ether oxygens (including phenoxy) is 1. The van der Waals surface area contributed by atoms with E-state index in [9.17, 15) is 10.0 Å². The molecule has 0 radical (unpaired) electrons. The summed E-state index contributed by atoms with van der Waals surface area (Å²) in [5.74, 6) is 1.02. The zero-order valence-electron chi connectivity index (χ0n) is 14.6. The van der Waals surface area contributed by atoms with Crippen LogP contribution in [-0.4, -0.2) is 18.4 Å². The number of benzene rings is 3. The number of aromatic nitrogens is 2. The van der Waals surface area contributed by atoms with E-state index in [0.717, 1.165) is 27.5 Å². The molecule has 0 atom stereocenters. The van der Waals surface area contributed by atoms with E-state index in [0.29, 0.717) is 28.4 Å². The number of fused-ring (bicyclic) bond motifs is 1. The predicted molar refractivity (Wildman–Crippen MR) is 104 cm³/mol. The Labute approximate surface area is 156 Å². The van der Waals surface area contributed by atoms with Crippen molar-refractivity contribution in [2.24, 2.45) is 0 Å². The van der Waals surface area contributed by atoms with E-state index in [2.05, 4.69) is 4.98 Å². The number of hydrogen-bond donors (Lipinski definition) is 0. The molecule has 5 heteroatoms. The van der Waals surface area contributed by atoms with Gasteiger partial charge >= 0.3 is 5.82 Å². The summed E-state index contributed by atoms with van der Waals surface area (Å²) in [5.41, 5.74) is 3.21. The second kappa shape index (κ2) is 6.88. The number of methoxy groups -OCH3 is 1. The quantitative estimate of drug-likeness (QED) is 0.315. The summed E-state index contributed by atoms with van der Waals surface area (Å²) < 4.78 is 6.03. The fourth-order valence-electron chi connectivity index (χ4n) is 3.06. The maximum atomic E-state index is 13.2. The first-order chi connectivity index (χ1) is 13.2. The van der Waals surface area contributed by atoms with Crippen LogP contribution in [0.4, 0.5) is 0 Å². The average molecular weight is 356 g/mol. The van der Waals surface area contributed by atoms with Crippen LogP contribution < -0.4 is 9.47 Å². The van der Waals surface area contributed by atoms with Gasteiger partial charge in [0.25, 0.3) is 0 Å². The maximum Gasteiger partial charge on any atom is 0.334 e. The summed E-state index contributed by atoms with van der Waals surface area (Å²) in [4.78, 5) is 15.5. The first-order valence-corrected chi connectivity index (χ1v) is 8.43. The Morgan fingerprint density at radius 2 is 1.59 bits per heavy atom. The number of para-hydroxylation sites is 1. The highest BCUT2D eigenvalue weighted by atomic mass is 16.5. The Balaban J connectivity index is 1.98. The van der Waals surface area contributed by atoms with Crippen LogP contribution >= 0.6 is 0 Å². The maximum absolute atomic E-state index is 13.2. The van der Waals surface area contributed by atoms with Crippen molar-refractivity contribution in [1.82, 2.24) is 4.98 Å². The summed E-state index contributed by atoms with van der Waals surface area (Å²) in [6.45, 7) is 0. The zero-order valence-corrected chi connectivity index (χ0v) is 14.6. The van der Waals surface area contributed by atoms with Gasteiger partial charge in [0, 0.05) is 11.1 Å². The van der Waals surface area contributed by atoms with Gasteiger partial charge in [-0.1, -0.05) is 24.3 Å². The van der Waals surface area contributed by atoms with E-state index >= 15 is 0 Å². The van der Waals surface area contributed by atoms with E-state index in [1.54, 1.807) is 43.5 Å². The molecule has 0 fully saturated rings. The van der Waals surface area contributed by atoms with Crippen molar-refractivity contribution < 1.29 is 14.3 Å². The van der Waals surface area contributed by atoms with Crippen LogP contribution in [0, 0.1) is 5.21 Å². The standard InChI is InChI=1S/C22H16N2O3/c1-27-18-12-10-17(11-13-18)22-23-20-5-3-2-4-19(20)21(24(22)26)16-8-6-15(14-25)7-9-16/h2-14H,1H3. The first-order valence-electron chi connectivity index (χ1n) is 8.43. The van der Waals surface area contributed by atoms with E-state index in [-0.39, 0.29) is 0 Å². The highest BCUT2D eigenvalue weighted by Crippen LogP contribution is 2.28. The molecular weight excluding hydrogens is 340 g/mol. The van der Waals surface area contributed by atoms with Crippen LogP contribution in [0.1, 0.15) is 10.4 Å². The van der Waals surface area contributed by atoms with Gasteiger partial charge in [0.15, 0.2) is 5.52 Å². The minimum absolute atomic E-state index is 0.311. The summed E-state index contributed by atoms with van der Waals surface area (Å²) in [7, 11) is 1.60. The van der Waals surface area contributed by atoms with Crippen LogP contribution in [-0.2, 0) is 0 Å². The lowest BCUT2D eigenvalue weighted by atomic mass is 10.0. The summed E-state index contributed by atoms with van der Waals surface area (Å²) in [6, 6.07) is 21.7. The molecule has 0 amide bonds. The van der Waals surface area contributed by atoms with Gasteiger partial charge in [0.2, 0.25) is 0 Å². The monoisotopic (exact) mass is 356 g/mol. The number of rotatable bonds is 4. The fraction of sp³-hybridized carbons (Fsp3) is 0.0455. The summed E-state index contributed by atoms with van der Waals surface area (Å²) in [5, 5.41) is 14.0. The molecule has 0 spiro atoms. The van der Waals surface area contributed by atoms with E-state index in [1.807, 2.05) is 36.4 Å². The molecule has 1 aromatic heterocycles. The molecule has 27 heavy (non-hydrogen) atoms. The first kappa shape index (κ1) is 16.7. The second-order valence-corrected chi connectivity index (χ2v) is 6.06. The lowest BCUT2D eigenvalue weighted by Gasteiger charge is -2.14. The second-order valence-electron chi connectivity index (χ2n) is 6.06. The molecule has 0 bridgehead atoms. The van der Waals surface area contributed by atoms with Crippen LogP contribution in [0.15, 0.2) is 72.8 Å². The third-order valence-electron chi connectivity index (χ3n) is 4.45. The number of carbonyl (C=O) groups is 1. The van der Waals surface area contributed by atoms with Gasteiger partial charge in [0.05, 0.1) is 18.1 Å². The van der Waals surface area contributed by atoms with Gasteiger partial charge in [-0.3, -0.25) is 4.79 Å². The molecule has 0 aliphatic carbocycles. The Bertz CT molecular complexity index is 1120. The normalized spacial score (nSPS) is 10.7. The van der Waals surface area contributed by atoms with E-state index in [1.165, 1.54) is 0 Å². The summed E-state index contributed by atoms with van der Waals surface area (Å²) >= 11 is 0. The van der Waals surface area contributed by atoms with Gasteiger partial charge < -0.3 is 9.94 Å². The van der Waals surface area contributed by atoms with Crippen molar-refractivity contribution in [3.8, 4) is 28.4 Å². The van der Waals surface area contributed by atoms with Crippen molar-refractivity contribution in [1.29, 1.82) is 0 Å². The van der Waals surface area contributed by atoms with Gasteiger partial charge in [0.1, 0.15) is 17.7 Å². The SMILES string of the molecule is COc1ccc(-c2nc3ccccc3c(-c3ccc(C=O)cc3)[n+]2[O-])cc1. The topological polar surface area (TPSA) is 66.1 Å². The van der Waals surface area contributed by atoms with Crippen molar-refractivity contribution in [3.05, 3.63) is 83.6 Å². The molecule has 0 unspecified atom stereocenters. The fourth-order valence-corrected chi connectivity index (χ4v) is 3.06.